The van der Waals surface area contributed by atoms with Crippen LogP contribution in [-0.2, 0) is 16.1 Å². The largest absolute Gasteiger partial charge is 0.543 e. The predicted octanol–water partition coefficient (Wildman–Crippen LogP) is 1.33. The van der Waals surface area contributed by atoms with Crippen molar-refractivity contribution in [3.63, 3.8) is 0 Å². The second kappa shape index (κ2) is 11.0. The summed E-state index contributed by atoms with van der Waals surface area (Å²) >= 11 is 1.44. The van der Waals surface area contributed by atoms with E-state index in [1.54, 1.807) is 6.92 Å². The number of benzene rings is 2. The number of carbonyl (C=O) groups excluding carboxylic acids is 2. The molecular weight excluding hydrogens is 504 g/mol. The van der Waals surface area contributed by atoms with Crippen LogP contribution < -0.4 is 15.6 Å². The molecule has 10 heteroatoms. The van der Waals surface area contributed by atoms with Crippen LogP contribution >= 0.6 is 11.8 Å². The summed E-state index contributed by atoms with van der Waals surface area (Å²) in [5.74, 6) is -2.05. The van der Waals surface area contributed by atoms with Crippen LogP contribution in [0.4, 0.5) is 0 Å². The summed E-state index contributed by atoms with van der Waals surface area (Å²) in [6.45, 7) is 5.69. The number of carbonyl (C=O) groups is 2. The third-order valence-corrected chi connectivity index (χ3v) is 8.19. The first kappa shape index (κ1) is 27.9. The highest BCUT2D eigenvalue weighted by atomic mass is 32.2. The number of rotatable bonds is 10. The molecule has 1 saturated heterocycles. The highest BCUT2D eigenvalue weighted by Crippen LogP contribution is 2.47. The molecule has 9 nitrogen and oxygen atoms in total. The van der Waals surface area contributed by atoms with Gasteiger partial charge in [-0.3, -0.25) is 9.79 Å². The summed E-state index contributed by atoms with van der Waals surface area (Å²) in [7, 11) is 4.32. The first-order chi connectivity index (χ1) is 18.0. The van der Waals surface area contributed by atoms with E-state index < -0.39 is 24.0 Å². The minimum absolute atomic E-state index is 0.0110. The molecule has 2 aromatic rings. The summed E-state index contributed by atoms with van der Waals surface area (Å²) in [5.41, 5.74) is 7.36. The lowest BCUT2D eigenvalue weighted by molar-refractivity contribution is -0.902. The maximum Gasteiger partial charge on any atom is 0.235 e. The molecule has 2 aliphatic rings. The summed E-state index contributed by atoms with van der Waals surface area (Å²) in [6.07, 6.45) is 1.05. The second-order valence-corrected chi connectivity index (χ2v) is 11.5. The minimum Gasteiger partial charge on any atom is -0.543 e. The van der Waals surface area contributed by atoms with Gasteiger partial charge in [0.2, 0.25) is 5.91 Å². The van der Waals surface area contributed by atoms with E-state index >= 15 is 0 Å². The van der Waals surface area contributed by atoms with Crippen molar-refractivity contribution in [2.75, 3.05) is 40.0 Å². The maximum absolute atomic E-state index is 12.6. The lowest BCUT2D eigenvalue weighted by atomic mass is 9.78. The number of carboxylic acid groups (broad SMARTS) is 1. The SMILES string of the molecule is CSC(N)=NCC[N+](C)(C)Cc1cccc2c(OCC3=C(C(=O)[O-])N4C(=O)[C@H]([C@@H](C)O)[C@H]4[C@H]3C)cccc12. The van der Waals surface area contributed by atoms with Crippen LogP contribution in [0.15, 0.2) is 52.7 Å². The molecule has 0 aromatic heterocycles. The predicted molar refractivity (Wildman–Crippen MR) is 147 cm³/mol. The Morgan fingerprint density at radius 1 is 1.26 bits per heavy atom. The first-order valence-electron chi connectivity index (χ1n) is 12.7. The van der Waals surface area contributed by atoms with Gasteiger partial charge in [-0.15, -0.1) is 0 Å². The van der Waals surface area contributed by atoms with Gasteiger partial charge in [-0.05, 0) is 30.2 Å². The number of nitrogens with two attached hydrogens (primary N) is 1. The summed E-state index contributed by atoms with van der Waals surface area (Å²) in [4.78, 5) is 30.2. The Balaban J connectivity index is 1.56. The number of thioether (sulfide) groups is 1. The lowest BCUT2D eigenvalue weighted by Crippen LogP contribution is -2.64. The molecule has 3 N–H and O–H groups in total. The number of likely N-dealkylation sites (N-methyl/N-ethyl adjacent to an activating group) is 1. The number of β-lactam (4-membered cyclic amide) rings is 1. The van der Waals surface area contributed by atoms with Crippen LogP contribution in [0.3, 0.4) is 0 Å². The van der Waals surface area contributed by atoms with Crippen molar-refractivity contribution in [3.05, 3.63) is 53.2 Å². The van der Waals surface area contributed by atoms with Gasteiger partial charge in [0.1, 0.15) is 18.9 Å². The normalized spacial score (nSPS) is 22.5. The number of amides is 1. The molecule has 0 bridgehead atoms. The fourth-order valence-corrected chi connectivity index (χ4v) is 5.84. The molecule has 0 aliphatic carbocycles. The van der Waals surface area contributed by atoms with Crippen LogP contribution in [0, 0.1) is 11.8 Å². The number of aliphatic hydroxyl groups is 1. The number of amidine groups is 1. The Morgan fingerprint density at radius 2 is 1.95 bits per heavy atom. The average molecular weight is 541 g/mol. The van der Waals surface area contributed by atoms with E-state index in [1.807, 2.05) is 37.4 Å². The second-order valence-electron chi connectivity index (χ2n) is 10.7. The number of fused-ring (bicyclic) bond motifs is 2. The van der Waals surface area contributed by atoms with Gasteiger partial charge in [0.15, 0.2) is 5.17 Å². The zero-order valence-corrected chi connectivity index (χ0v) is 23.3. The van der Waals surface area contributed by atoms with Gasteiger partial charge in [0.25, 0.3) is 0 Å². The topological polar surface area (TPSA) is 128 Å². The fraction of sp³-hybridized carbons (Fsp3) is 0.464. The fourth-order valence-electron chi connectivity index (χ4n) is 5.62. The smallest absolute Gasteiger partial charge is 0.235 e. The van der Waals surface area contributed by atoms with Crippen molar-refractivity contribution in [2.45, 2.75) is 32.5 Å². The van der Waals surface area contributed by atoms with Crippen LogP contribution in [0.2, 0.25) is 0 Å². The third-order valence-electron chi connectivity index (χ3n) is 7.64. The summed E-state index contributed by atoms with van der Waals surface area (Å²) in [6, 6.07) is 11.5. The number of ether oxygens (including phenoxy) is 1. The van der Waals surface area contributed by atoms with Crippen molar-refractivity contribution in [3.8, 4) is 5.75 Å². The van der Waals surface area contributed by atoms with Gasteiger partial charge in [0.05, 0.1) is 56.9 Å². The first-order valence-corrected chi connectivity index (χ1v) is 13.9. The van der Waals surface area contributed by atoms with Crippen molar-refractivity contribution < 1.29 is 29.0 Å². The van der Waals surface area contributed by atoms with Gasteiger partial charge in [-0.2, -0.15) is 0 Å². The standard InChI is InChI=1S/C28H36N4O5S/c1-16-21(25(27(35)36)31-24(16)23(17(2)33)26(31)34)15-37-22-11-7-9-19-18(8-6-10-20(19)22)14-32(3,4)13-12-30-28(29)38-5/h6-11,16-17,23-24,33H,12-15H2,1-5H3,(H2-,29,30,35,36)/t16-,17+,23+,24+/m0/s1. The van der Waals surface area contributed by atoms with Crippen molar-refractivity contribution in [1.82, 2.24) is 4.90 Å². The third kappa shape index (κ3) is 5.25. The van der Waals surface area contributed by atoms with E-state index in [2.05, 4.69) is 31.2 Å². The molecule has 4 rings (SSSR count). The maximum atomic E-state index is 12.6. The van der Waals surface area contributed by atoms with Crippen molar-refractivity contribution in [2.24, 2.45) is 22.6 Å². The van der Waals surface area contributed by atoms with Crippen molar-refractivity contribution >= 4 is 39.6 Å². The molecule has 1 amide bonds. The molecule has 1 fully saturated rings. The van der Waals surface area contributed by atoms with E-state index in [0.717, 1.165) is 33.9 Å². The van der Waals surface area contributed by atoms with E-state index in [4.69, 9.17) is 10.5 Å². The number of aliphatic carboxylic acids is 1. The van der Waals surface area contributed by atoms with Crippen LogP contribution in [0.5, 0.6) is 5.75 Å². The van der Waals surface area contributed by atoms with Gasteiger partial charge in [-0.1, -0.05) is 49.0 Å². The molecule has 2 aromatic carbocycles. The van der Waals surface area contributed by atoms with Crippen LogP contribution in [-0.4, -0.2) is 83.7 Å². The molecule has 38 heavy (non-hydrogen) atoms. The van der Waals surface area contributed by atoms with E-state index in [0.29, 0.717) is 23.0 Å². The summed E-state index contributed by atoms with van der Waals surface area (Å²) in [5, 5.41) is 24.6. The van der Waals surface area contributed by atoms with Crippen LogP contribution in [0.25, 0.3) is 10.8 Å². The van der Waals surface area contributed by atoms with Gasteiger partial charge in [-0.25, -0.2) is 0 Å². The minimum atomic E-state index is -1.40. The average Bonchev–Trinajstić information content (AvgIpc) is 3.10. The van der Waals surface area contributed by atoms with E-state index in [1.165, 1.54) is 16.7 Å². The molecule has 0 spiro atoms. The molecular formula is C28H36N4O5S. The number of aliphatic imine (C=N–C) groups is 1. The Labute approximate surface area is 227 Å². The van der Waals surface area contributed by atoms with Crippen molar-refractivity contribution in [1.29, 1.82) is 0 Å². The quantitative estimate of drug-likeness (QED) is 0.201. The Morgan fingerprint density at radius 3 is 2.61 bits per heavy atom. The Kier molecular flexibility index (Phi) is 8.06. The highest BCUT2D eigenvalue weighted by Gasteiger charge is 2.58. The monoisotopic (exact) mass is 540 g/mol. The number of hydrogen-bond donors (Lipinski definition) is 2. The summed E-state index contributed by atoms with van der Waals surface area (Å²) < 4.78 is 6.94. The van der Waals surface area contributed by atoms with E-state index in [-0.39, 0.29) is 24.1 Å². The Bertz CT molecular complexity index is 1310. The van der Waals surface area contributed by atoms with Crippen LogP contribution in [0.1, 0.15) is 19.4 Å². The lowest BCUT2D eigenvalue weighted by Gasteiger charge is -2.47. The van der Waals surface area contributed by atoms with Gasteiger partial charge >= 0.3 is 0 Å². The molecule has 2 heterocycles. The number of hydrogen-bond acceptors (Lipinski definition) is 7. The molecule has 0 saturated carbocycles. The zero-order valence-electron chi connectivity index (χ0n) is 22.5. The number of carboxylic acids is 1. The number of aliphatic hydroxyl groups excluding tert-OH is 1. The zero-order chi connectivity index (χ0) is 27.8. The molecule has 204 valence electrons. The number of quaternary nitrogens is 1. The molecule has 2 aliphatic heterocycles. The molecule has 4 atom stereocenters. The highest BCUT2D eigenvalue weighted by molar-refractivity contribution is 8.13. The van der Waals surface area contributed by atoms with Gasteiger partial charge in [0, 0.05) is 16.9 Å². The van der Waals surface area contributed by atoms with Gasteiger partial charge < -0.3 is 34.9 Å². The number of nitrogens with zero attached hydrogens (tertiary/aromatic N) is 3. The Hall–Kier alpha value is -3.08. The molecule has 0 radical (unpaired) electrons. The molecule has 0 unspecified atom stereocenters. The van der Waals surface area contributed by atoms with E-state index in [9.17, 15) is 19.8 Å².